The van der Waals surface area contributed by atoms with Crippen molar-refractivity contribution >= 4 is 53.1 Å². The van der Waals surface area contributed by atoms with Crippen molar-refractivity contribution in [1.82, 2.24) is 16.0 Å². The van der Waals surface area contributed by atoms with Crippen LogP contribution in [0.25, 0.3) is 0 Å². The summed E-state index contributed by atoms with van der Waals surface area (Å²) in [6.45, 7) is 3.44. The minimum absolute atomic E-state index is 0.0433. The van der Waals surface area contributed by atoms with Gasteiger partial charge in [-0.1, -0.05) is 13.8 Å². The van der Waals surface area contributed by atoms with Crippen LogP contribution in [0.1, 0.15) is 39.5 Å². The zero-order valence-corrected chi connectivity index (χ0v) is 21.2. The van der Waals surface area contributed by atoms with Gasteiger partial charge in [-0.2, -0.15) is 23.5 Å². The Balaban J connectivity index is 5.31. The fourth-order valence-corrected chi connectivity index (χ4v) is 3.70. The summed E-state index contributed by atoms with van der Waals surface area (Å²) >= 11 is 2.94. The lowest BCUT2D eigenvalue weighted by Crippen LogP contribution is -2.58. The molecule has 190 valence electrons. The maximum atomic E-state index is 12.9. The third kappa shape index (κ3) is 12.7. The molecule has 13 heteroatoms. The number of carboxylic acid groups (broad SMARTS) is 1. The van der Waals surface area contributed by atoms with Crippen molar-refractivity contribution in [3.8, 4) is 0 Å². The maximum Gasteiger partial charge on any atom is 0.326 e. The zero-order chi connectivity index (χ0) is 25.6. The molecule has 4 amide bonds. The number of aliphatic carboxylic acids is 1. The molecule has 0 bridgehead atoms. The summed E-state index contributed by atoms with van der Waals surface area (Å²) in [5, 5.41) is 17.1. The van der Waals surface area contributed by atoms with Gasteiger partial charge in [0.2, 0.25) is 23.6 Å². The molecule has 0 aromatic carbocycles. The molecule has 0 aromatic heterocycles. The first kappa shape index (κ1) is 31.0. The third-order valence-corrected chi connectivity index (χ3v) is 6.04. The van der Waals surface area contributed by atoms with Gasteiger partial charge in [-0.15, -0.1) is 0 Å². The Bertz CT molecular complexity index is 679. The summed E-state index contributed by atoms with van der Waals surface area (Å²) in [4.78, 5) is 60.5. The van der Waals surface area contributed by atoms with Crippen LogP contribution in [0.5, 0.6) is 0 Å². The van der Waals surface area contributed by atoms with Crippen LogP contribution in [-0.2, 0) is 24.0 Å². The highest BCUT2D eigenvalue weighted by Crippen LogP contribution is 2.08. The Hall–Kier alpha value is -1.99. The Kier molecular flexibility index (Phi) is 15.6. The van der Waals surface area contributed by atoms with Gasteiger partial charge in [0.25, 0.3) is 0 Å². The molecule has 0 rings (SSSR count). The molecule has 0 saturated heterocycles. The van der Waals surface area contributed by atoms with Gasteiger partial charge in [-0.25, -0.2) is 4.79 Å². The van der Waals surface area contributed by atoms with E-state index in [1.807, 2.05) is 12.5 Å². The second kappa shape index (κ2) is 16.6. The number of hydrogen-bond acceptors (Lipinski definition) is 8. The molecule has 0 aromatic rings. The first-order chi connectivity index (χ1) is 15.4. The summed E-state index contributed by atoms with van der Waals surface area (Å²) in [7, 11) is 0. The number of carbonyl (C=O) groups excluding carboxylic acids is 4. The summed E-state index contributed by atoms with van der Waals surface area (Å²) in [5.41, 5.74) is 10.9. The minimum Gasteiger partial charge on any atom is -0.480 e. The highest BCUT2D eigenvalue weighted by molar-refractivity contribution is 7.98. The molecule has 4 unspecified atom stereocenters. The van der Waals surface area contributed by atoms with Gasteiger partial charge in [0.1, 0.15) is 18.1 Å². The standard InChI is InChI=1S/C20H37N5O6S2/c1-11(2)16(19(29)24-14(20(30)31)8-10-33-4)25-18(28)13(7-9-32-3)23-17(27)12(21)5-6-15(22)26/h11-14,16H,5-10,21H2,1-4H3,(H2,22,26)(H,23,27)(H,24,29)(H,25,28)(H,30,31). The van der Waals surface area contributed by atoms with Crippen LogP contribution in [0, 0.1) is 5.92 Å². The van der Waals surface area contributed by atoms with Crippen LogP contribution in [0.2, 0.25) is 0 Å². The van der Waals surface area contributed by atoms with Crippen molar-refractivity contribution < 1.29 is 29.1 Å². The maximum absolute atomic E-state index is 12.9. The fourth-order valence-electron chi connectivity index (χ4n) is 2.76. The number of carboxylic acids is 1. The second-order valence-corrected chi connectivity index (χ2v) is 9.84. The van der Waals surface area contributed by atoms with Gasteiger partial charge in [0.05, 0.1) is 6.04 Å². The quantitative estimate of drug-likeness (QED) is 0.147. The topological polar surface area (TPSA) is 194 Å². The Labute approximate surface area is 203 Å². The summed E-state index contributed by atoms with van der Waals surface area (Å²) in [6, 6.07) is -4.03. The van der Waals surface area contributed by atoms with E-state index in [1.165, 1.54) is 23.5 Å². The van der Waals surface area contributed by atoms with E-state index in [2.05, 4.69) is 16.0 Å². The summed E-state index contributed by atoms with van der Waals surface area (Å²) in [6.07, 6.45) is 4.20. The lowest BCUT2D eigenvalue weighted by Gasteiger charge is -2.27. The van der Waals surface area contributed by atoms with Crippen LogP contribution in [0.4, 0.5) is 0 Å². The van der Waals surface area contributed by atoms with E-state index in [0.717, 1.165) is 0 Å². The minimum atomic E-state index is -1.15. The second-order valence-electron chi connectivity index (χ2n) is 7.87. The monoisotopic (exact) mass is 507 g/mol. The largest absolute Gasteiger partial charge is 0.480 e. The van der Waals surface area contributed by atoms with Crippen molar-refractivity contribution in [3.05, 3.63) is 0 Å². The number of nitrogens with two attached hydrogens (primary N) is 2. The van der Waals surface area contributed by atoms with Gasteiger partial charge >= 0.3 is 5.97 Å². The Morgan fingerprint density at radius 1 is 0.818 bits per heavy atom. The van der Waals surface area contributed by atoms with E-state index in [-0.39, 0.29) is 25.2 Å². The van der Waals surface area contributed by atoms with E-state index < -0.39 is 53.8 Å². The van der Waals surface area contributed by atoms with Crippen LogP contribution in [-0.4, -0.2) is 82.9 Å². The van der Waals surface area contributed by atoms with Crippen LogP contribution in [0.15, 0.2) is 0 Å². The molecule has 4 atom stereocenters. The average Bonchev–Trinajstić information content (AvgIpc) is 2.74. The van der Waals surface area contributed by atoms with E-state index in [9.17, 15) is 29.1 Å². The molecule has 0 aliphatic rings. The highest BCUT2D eigenvalue weighted by Gasteiger charge is 2.31. The third-order valence-electron chi connectivity index (χ3n) is 4.75. The summed E-state index contributed by atoms with van der Waals surface area (Å²) in [5.74, 6) is -2.76. The zero-order valence-electron chi connectivity index (χ0n) is 19.6. The highest BCUT2D eigenvalue weighted by atomic mass is 32.2. The SMILES string of the molecule is CSCCC(NC(=O)C(NC(=O)C(CCSC)NC(=O)C(N)CCC(N)=O)C(C)C)C(=O)O. The van der Waals surface area contributed by atoms with E-state index >= 15 is 0 Å². The normalized spacial score (nSPS) is 14.6. The molecule has 0 aliphatic carbocycles. The average molecular weight is 508 g/mol. The molecule has 33 heavy (non-hydrogen) atoms. The van der Waals surface area contributed by atoms with Crippen molar-refractivity contribution in [3.63, 3.8) is 0 Å². The number of thioether (sulfide) groups is 2. The summed E-state index contributed by atoms with van der Waals surface area (Å²) < 4.78 is 0. The number of hydrogen-bond donors (Lipinski definition) is 6. The van der Waals surface area contributed by atoms with Crippen LogP contribution in [0.3, 0.4) is 0 Å². The smallest absolute Gasteiger partial charge is 0.326 e. The van der Waals surface area contributed by atoms with Gasteiger partial charge < -0.3 is 32.5 Å². The number of nitrogens with one attached hydrogen (secondary N) is 3. The lowest BCUT2D eigenvalue weighted by molar-refractivity contribution is -0.142. The first-order valence-corrected chi connectivity index (χ1v) is 13.4. The molecular formula is C20H37N5O6S2. The number of primary amides is 1. The lowest BCUT2D eigenvalue weighted by atomic mass is 10.0. The molecule has 0 saturated carbocycles. The molecule has 0 fully saturated rings. The number of amides is 4. The Morgan fingerprint density at radius 3 is 1.79 bits per heavy atom. The first-order valence-electron chi connectivity index (χ1n) is 10.6. The van der Waals surface area contributed by atoms with Gasteiger partial charge in [-0.05, 0) is 49.2 Å². The van der Waals surface area contributed by atoms with Crippen LogP contribution < -0.4 is 27.4 Å². The number of rotatable bonds is 17. The number of carbonyl (C=O) groups is 5. The molecule has 0 aliphatic heterocycles. The van der Waals surface area contributed by atoms with Gasteiger partial charge in [-0.3, -0.25) is 19.2 Å². The van der Waals surface area contributed by atoms with E-state index in [1.54, 1.807) is 13.8 Å². The van der Waals surface area contributed by atoms with Crippen molar-refractivity contribution in [1.29, 1.82) is 0 Å². The fraction of sp³-hybridized carbons (Fsp3) is 0.750. The van der Waals surface area contributed by atoms with E-state index in [4.69, 9.17) is 11.5 Å². The molecule has 11 nitrogen and oxygen atoms in total. The van der Waals surface area contributed by atoms with Crippen molar-refractivity contribution in [2.24, 2.45) is 17.4 Å². The van der Waals surface area contributed by atoms with Crippen molar-refractivity contribution in [2.75, 3.05) is 24.0 Å². The molecular weight excluding hydrogens is 470 g/mol. The molecule has 0 spiro atoms. The Morgan fingerprint density at radius 2 is 1.33 bits per heavy atom. The molecule has 0 heterocycles. The van der Waals surface area contributed by atoms with Gasteiger partial charge in [0, 0.05) is 6.42 Å². The van der Waals surface area contributed by atoms with E-state index in [0.29, 0.717) is 17.9 Å². The molecule has 0 radical (unpaired) electrons. The van der Waals surface area contributed by atoms with Crippen LogP contribution >= 0.6 is 23.5 Å². The predicted octanol–water partition coefficient (Wildman–Crippen LogP) is -0.720. The van der Waals surface area contributed by atoms with Crippen molar-refractivity contribution in [2.45, 2.75) is 63.7 Å². The molecule has 8 N–H and O–H groups in total. The van der Waals surface area contributed by atoms with Gasteiger partial charge in [0.15, 0.2) is 0 Å². The predicted molar refractivity (Wildman–Crippen MR) is 131 cm³/mol.